The van der Waals surface area contributed by atoms with E-state index in [2.05, 4.69) is 35.3 Å². The Morgan fingerprint density at radius 3 is 2.62 bits per heavy atom. The molecule has 0 atom stereocenters. The molecule has 136 valence electrons. The first-order chi connectivity index (χ1) is 12.6. The van der Waals surface area contributed by atoms with Crippen molar-refractivity contribution in [2.75, 3.05) is 25.7 Å². The number of benzene rings is 1. The van der Waals surface area contributed by atoms with Crippen LogP contribution >= 0.6 is 11.3 Å². The van der Waals surface area contributed by atoms with E-state index in [1.807, 2.05) is 24.3 Å². The van der Waals surface area contributed by atoms with Gasteiger partial charge in [-0.2, -0.15) is 0 Å². The van der Waals surface area contributed by atoms with Gasteiger partial charge < -0.3 is 14.4 Å². The van der Waals surface area contributed by atoms with Gasteiger partial charge in [-0.3, -0.25) is 0 Å². The fourth-order valence-electron chi connectivity index (χ4n) is 2.98. The molecular weight excluding hydrogens is 346 g/mol. The number of anilines is 1. The van der Waals surface area contributed by atoms with Gasteiger partial charge in [-0.15, -0.1) is 17.9 Å². The van der Waals surface area contributed by atoms with E-state index in [9.17, 15) is 0 Å². The first-order valence-electron chi connectivity index (χ1n) is 8.36. The van der Waals surface area contributed by atoms with Crippen molar-refractivity contribution in [3.05, 3.63) is 53.2 Å². The summed E-state index contributed by atoms with van der Waals surface area (Å²) in [5, 5.41) is 1.12. The minimum atomic E-state index is 0.687. The molecule has 0 radical (unpaired) electrons. The van der Waals surface area contributed by atoms with E-state index in [0.29, 0.717) is 13.1 Å². The van der Waals surface area contributed by atoms with E-state index in [-0.39, 0.29) is 0 Å². The van der Waals surface area contributed by atoms with Crippen LogP contribution in [-0.4, -0.2) is 30.7 Å². The number of thiophene rings is 1. The van der Waals surface area contributed by atoms with Gasteiger partial charge in [0.25, 0.3) is 0 Å². The molecule has 3 rings (SSSR count). The van der Waals surface area contributed by atoms with E-state index in [0.717, 1.165) is 33.1 Å². The van der Waals surface area contributed by atoms with Crippen LogP contribution in [0, 0.1) is 13.8 Å². The highest BCUT2D eigenvalue weighted by atomic mass is 32.1. The highest BCUT2D eigenvalue weighted by molar-refractivity contribution is 7.18. The number of aryl methyl sites for hydroxylation is 2. The SMILES string of the molecule is C=CCN(Cc1ccc(OC)c(OC)c1)c1ncnc2sc(C)c(C)c12. The largest absolute Gasteiger partial charge is 0.493 e. The molecule has 0 saturated heterocycles. The van der Waals surface area contributed by atoms with Gasteiger partial charge in [0.05, 0.1) is 19.6 Å². The average molecular weight is 369 g/mol. The number of hydrogen-bond donors (Lipinski definition) is 0. The van der Waals surface area contributed by atoms with Gasteiger partial charge in [-0.25, -0.2) is 9.97 Å². The molecule has 3 aromatic rings. The van der Waals surface area contributed by atoms with Crippen LogP contribution in [0.4, 0.5) is 5.82 Å². The van der Waals surface area contributed by atoms with Gasteiger partial charge >= 0.3 is 0 Å². The summed E-state index contributed by atoms with van der Waals surface area (Å²) in [5.74, 6) is 2.38. The summed E-state index contributed by atoms with van der Waals surface area (Å²) in [5.41, 5.74) is 2.35. The second-order valence-electron chi connectivity index (χ2n) is 6.02. The number of methoxy groups -OCH3 is 2. The van der Waals surface area contributed by atoms with E-state index < -0.39 is 0 Å². The fraction of sp³-hybridized carbons (Fsp3) is 0.300. The zero-order chi connectivity index (χ0) is 18.7. The van der Waals surface area contributed by atoms with Crippen LogP contribution in [0.3, 0.4) is 0 Å². The van der Waals surface area contributed by atoms with Crippen LogP contribution < -0.4 is 14.4 Å². The second-order valence-corrected chi connectivity index (χ2v) is 7.22. The Morgan fingerprint density at radius 2 is 1.92 bits per heavy atom. The molecule has 0 bridgehead atoms. The minimum Gasteiger partial charge on any atom is -0.493 e. The van der Waals surface area contributed by atoms with Crippen LogP contribution in [-0.2, 0) is 6.54 Å². The lowest BCUT2D eigenvalue weighted by atomic mass is 10.1. The maximum atomic E-state index is 5.43. The normalized spacial score (nSPS) is 10.8. The Bertz CT molecular complexity index is 936. The van der Waals surface area contributed by atoms with Crippen LogP contribution in [0.5, 0.6) is 11.5 Å². The first kappa shape index (κ1) is 18.2. The lowest BCUT2D eigenvalue weighted by Crippen LogP contribution is -2.24. The number of fused-ring (bicyclic) bond motifs is 1. The minimum absolute atomic E-state index is 0.687. The summed E-state index contributed by atoms with van der Waals surface area (Å²) >= 11 is 1.71. The molecule has 0 fully saturated rings. The molecule has 26 heavy (non-hydrogen) atoms. The number of rotatable bonds is 7. The molecule has 2 heterocycles. The fourth-order valence-corrected chi connectivity index (χ4v) is 3.98. The molecule has 0 aliphatic carbocycles. The summed E-state index contributed by atoms with van der Waals surface area (Å²) < 4.78 is 10.8. The first-order valence-corrected chi connectivity index (χ1v) is 9.18. The predicted molar refractivity (Wildman–Crippen MR) is 108 cm³/mol. The van der Waals surface area contributed by atoms with Crippen molar-refractivity contribution >= 4 is 27.4 Å². The Kier molecular flexibility index (Phi) is 5.42. The molecule has 0 saturated carbocycles. The van der Waals surface area contributed by atoms with Crippen molar-refractivity contribution in [2.45, 2.75) is 20.4 Å². The Labute approximate surface area is 157 Å². The zero-order valence-corrected chi connectivity index (χ0v) is 16.4. The number of nitrogens with zero attached hydrogens (tertiary/aromatic N) is 3. The standard InChI is InChI=1S/C20H23N3O2S/c1-6-9-23(11-15-7-8-16(24-4)17(10-15)25-5)19-18-13(2)14(3)26-20(18)22-12-21-19/h6-8,10,12H,1,9,11H2,2-5H3. The molecule has 2 aromatic heterocycles. The maximum absolute atomic E-state index is 5.43. The maximum Gasteiger partial charge on any atom is 0.161 e. The average Bonchev–Trinajstić information content (AvgIpc) is 2.95. The molecule has 1 aromatic carbocycles. The monoisotopic (exact) mass is 369 g/mol. The Morgan fingerprint density at radius 1 is 1.15 bits per heavy atom. The zero-order valence-electron chi connectivity index (χ0n) is 15.6. The third kappa shape index (κ3) is 3.37. The number of ether oxygens (including phenoxy) is 2. The smallest absolute Gasteiger partial charge is 0.161 e. The molecule has 0 aliphatic heterocycles. The summed E-state index contributed by atoms with van der Waals surface area (Å²) in [7, 11) is 3.29. The van der Waals surface area contributed by atoms with Gasteiger partial charge in [-0.1, -0.05) is 12.1 Å². The van der Waals surface area contributed by atoms with Crippen molar-refractivity contribution in [2.24, 2.45) is 0 Å². The van der Waals surface area contributed by atoms with E-state index in [1.165, 1.54) is 10.4 Å². The van der Waals surface area contributed by atoms with Gasteiger partial charge in [0.2, 0.25) is 0 Å². The summed E-state index contributed by atoms with van der Waals surface area (Å²) in [6.07, 6.45) is 3.53. The quantitative estimate of drug-likeness (QED) is 0.573. The summed E-state index contributed by atoms with van der Waals surface area (Å²) in [6.45, 7) is 9.54. The molecule has 0 unspecified atom stereocenters. The Balaban J connectivity index is 2.02. The second kappa shape index (κ2) is 7.74. The van der Waals surface area contributed by atoms with Crippen molar-refractivity contribution in [1.29, 1.82) is 0 Å². The van der Waals surface area contributed by atoms with Crippen molar-refractivity contribution < 1.29 is 9.47 Å². The van der Waals surface area contributed by atoms with Gasteiger partial charge in [0.1, 0.15) is 17.0 Å². The van der Waals surface area contributed by atoms with Crippen molar-refractivity contribution in [3.63, 3.8) is 0 Å². The molecule has 0 spiro atoms. The molecule has 5 nitrogen and oxygen atoms in total. The lowest BCUT2D eigenvalue weighted by Gasteiger charge is -2.23. The van der Waals surface area contributed by atoms with E-state index >= 15 is 0 Å². The van der Waals surface area contributed by atoms with Crippen LogP contribution in [0.15, 0.2) is 37.2 Å². The van der Waals surface area contributed by atoms with Crippen LogP contribution in [0.25, 0.3) is 10.2 Å². The van der Waals surface area contributed by atoms with E-state index in [1.54, 1.807) is 31.9 Å². The van der Waals surface area contributed by atoms with Crippen molar-refractivity contribution in [3.8, 4) is 11.5 Å². The molecule has 0 aliphatic rings. The number of aromatic nitrogens is 2. The van der Waals surface area contributed by atoms with Gasteiger partial charge in [0.15, 0.2) is 11.5 Å². The molecule has 0 N–H and O–H groups in total. The lowest BCUT2D eigenvalue weighted by molar-refractivity contribution is 0.354. The van der Waals surface area contributed by atoms with Crippen LogP contribution in [0.1, 0.15) is 16.0 Å². The highest BCUT2D eigenvalue weighted by Crippen LogP contribution is 2.35. The predicted octanol–water partition coefficient (Wildman–Crippen LogP) is 4.52. The summed E-state index contributed by atoms with van der Waals surface area (Å²) in [4.78, 5) is 13.5. The molecule has 0 amide bonds. The topological polar surface area (TPSA) is 47.5 Å². The van der Waals surface area contributed by atoms with E-state index in [4.69, 9.17) is 9.47 Å². The summed E-state index contributed by atoms with van der Waals surface area (Å²) in [6, 6.07) is 5.97. The number of hydrogen-bond acceptors (Lipinski definition) is 6. The van der Waals surface area contributed by atoms with Crippen LogP contribution in [0.2, 0.25) is 0 Å². The van der Waals surface area contributed by atoms with Gasteiger partial charge in [-0.05, 0) is 37.1 Å². The highest BCUT2D eigenvalue weighted by Gasteiger charge is 2.17. The Hall–Kier alpha value is -2.60. The van der Waals surface area contributed by atoms with Crippen molar-refractivity contribution in [1.82, 2.24) is 9.97 Å². The third-order valence-electron chi connectivity index (χ3n) is 4.42. The molecular formula is C20H23N3O2S. The van der Waals surface area contributed by atoms with Gasteiger partial charge in [0, 0.05) is 18.0 Å². The third-order valence-corrected chi connectivity index (χ3v) is 5.53. The molecule has 6 heteroatoms.